The summed E-state index contributed by atoms with van der Waals surface area (Å²) < 4.78 is 12.8. The molecule has 6 heteroatoms. The van der Waals surface area contributed by atoms with Crippen LogP contribution in [0.4, 0.5) is 0 Å². The quantitative estimate of drug-likeness (QED) is 0.734. The van der Waals surface area contributed by atoms with Crippen molar-refractivity contribution in [1.29, 1.82) is 0 Å². The number of ether oxygens (including phenoxy) is 1. The maximum atomic E-state index is 5.59. The highest BCUT2D eigenvalue weighted by Crippen LogP contribution is 2.17. The SMILES string of the molecule is c1ccc2c(c1)cnn2Cc1nc(CC2CCCO2)no1. The Labute approximate surface area is 121 Å². The van der Waals surface area contributed by atoms with Crippen LogP contribution in [-0.4, -0.2) is 32.6 Å². The van der Waals surface area contributed by atoms with E-state index in [0.29, 0.717) is 18.3 Å². The summed E-state index contributed by atoms with van der Waals surface area (Å²) in [4.78, 5) is 4.44. The van der Waals surface area contributed by atoms with E-state index in [1.165, 1.54) is 0 Å². The molecule has 4 rings (SSSR count). The Hall–Kier alpha value is -2.21. The summed E-state index contributed by atoms with van der Waals surface area (Å²) >= 11 is 0. The van der Waals surface area contributed by atoms with Crippen LogP contribution in [0.2, 0.25) is 0 Å². The molecule has 1 fully saturated rings. The van der Waals surface area contributed by atoms with Gasteiger partial charge < -0.3 is 9.26 Å². The molecule has 0 radical (unpaired) electrons. The van der Waals surface area contributed by atoms with Gasteiger partial charge >= 0.3 is 0 Å². The van der Waals surface area contributed by atoms with Gasteiger partial charge in [-0.2, -0.15) is 10.1 Å². The summed E-state index contributed by atoms with van der Waals surface area (Å²) in [5.41, 5.74) is 1.07. The van der Waals surface area contributed by atoms with Crippen LogP contribution in [0.5, 0.6) is 0 Å². The third-order valence-electron chi connectivity index (χ3n) is 3.78. The summed E-state index contributed by atoms with van der Waals surface area (Å²) in [5.74, 6) is 1.30. The first kappa shape index (κ1) is 12.5. The van der Waals surface area contributed by atoms with Gasteiger partial charge in [-0.25, -0.2) is 0 Å². The highest BCUT2D eigenvalue weighted by molar-refractivity contribution is 5.78. The van der Waals surface area contributed by atoms with Crippen LogP contribution in [0.3, 0.4) is 0 Å². The van der Waals surface area contributed by atoms with Crippen LogP contribution >= 0.6 is 0 Å². The lowest BCUT2D eigenvalue weighted by molar-refractivity contribution is 0.109. The molecule has 6 nitrogen and oxygen atoms in total. The van der Waals surface area contributed by atoms with Crippen molar-refractivity contribution in [3.63, 3.8) is 0 Å². The first-order chi connectivity index (χ1) is 10.4. The minimum atomic E-state index is 0.237. The fourth-order valence-corrected chi connectivity index (χ4v) is 2.73. The van der Waals surface area contributed by atoms with Gasteiger partial charge in [-0.05, 0) is 18.9 Å². The van der Waals surface area contributed by atoms with Crippen molar-refractivity contribution in [3.05, 3.63) is 42.2 Å². The van der Waals surface area contributed by atoms with E-state index in [0.717, 1.165) is 36.8 Å². The van der Waals surface area contributed by atoms with Crippen LogP contribution in [0.25, 0.3) is 10.9 Å². The van der Waals surface area contributed by atoms with Gasteiger partial charge in [0.25, 0.3) is 0 Å². The van der Waals surface area contributed by atoms with Gasteiger partial charge in [0.05, 0.1) is 17.8 Å². The minimum Gasteiger partial charge on any atom is -0.378 e. The maximum absolute atomic E-state index is 5.59. The number of benzene rings is 1. The van der Waals surface area contributed by atoms with Crippen molar-refractivity contribution in [2.24, 2.45) is 0 Å². The van der Waals surface area contributed by atoms with E-state index < -0.39 is 0 Å². The highest BCUT2D eigenvalue weighted by Gasteiger charge is 2.19. The van der Waals surface area contributed by atoms with Gasteiger partial charge in [0.1, 0.15) is 6.54 Å². The number of hydrogen-bond donors (Lipinski definition) is 0. The molecule has 2 aromatic heterocycles. The molecule has 1 aliphatic rings. The van der Waals surface area contributed by atoms with Crippen LogP contribution in [0, 0.1) is 0 Å². The molecule has 1 aliphatic heterocycles. The Morgan fingerprint density at radius 2 is 2.24 bits per heavy atom. The molecule has 108 valence electrons. The van der Waals surface area contributed by atoms with Crippen LogP contribution in [0.1, 0.15) is 24.6 Å². The molecule has 0 amide bonds. The van der Waals surface area contributed by atoms with Crippen LogP contribution in [0.15, 0.2) is 35.0 Å². The third-order valence-corrected chi connectivity index (χ3v) is 3.78. The monoisotopic (exact) mass is 284 g/mol. The second-order valence-electron chi connectivity index (χ2n) is 5.30. The molecular formula is C15H16N4O2. The van der Waals surface area contributed by atoms with E-state index in [1.54, 1.807) is 0 Å². The van der Waals surface area contributed by atoms with E-state index >= 15 is 0 Å². The molecule has 3 aromatic rings. The Morgan fingerprint density at radius 3 is 3.14 bits per heavy atom. The zero-order valence-electron chi connectivity index (χ0n) is 11.6. The second kappa shape index (κ2) is 5.29. The number of para-hydroxylation sites is 1. The molecule has 0 aliphatic carbocycles. The van der Waals surface area contributed by atoms with Crippen molar-refractivity contribution < 1.29 is 9.26 Å². The van der Waals surface area contributed by atoms with Gasteiger partial charge in [-0.1, -0.05) is 23.4 Å². The molecule has 0 spiro atoms. The molecule has 1 saturated heterocycles. The minimum absolute atomic E-state index is 0.237. The van der Waals surface area contributed by atoms with E-state index in [4.69, 9.17) is 9.26 Å². The number of hydrogen-bond acceptors (Lipinski definition) is 5. The molecule has 3 heterocycles. The van der Waals surface area contributed by atoms with Gasteiger partial charge in [0.15, 0.2) is 5.82 Å². The first-order valence-electron chi connectivity index (χ1n) is 7.22. The third kappa shape index (κ3) is 2.54. The summed E-state index contributed by atoms with van der Waals surface area (Å²) in [6, 6.07) is 8.07. The maximum Gasteiger partial charge on any atom is 0.248 e. The van der Waals surface area contributed by atoms with Gasteiger partial charge in [-0.15, -0.1) is 0 Å². The zero-order valence-corrected chi connectivity index (χ0v) is 11.6. The summed E-state index contributed by atoms with van der Waals surface area (Å²) in [6.45, 7) is 1.33. The average Bonchev–Trinajstić information content (AvgIpc) is 3.23. The molecule has 21 heavy (non-hydrogen) atoms. The van der Waals surface area contributed by atoms with E-state index in [-0.39, 0.29) is 6.10 Å². The van der Waals surface area contributed by atoms with Crippen molar-refractivity contribution in [2.45, 2.75) is 31.9 Å². The molecule has 1 aromatic carbocycles. The Kier molecular flexibility index (Phi) is 3.16. The topological polar surface area (TPSA) is 66.0 Å². The zero-order chi connectivity index (χ0) is 14.1. The lowest BCUT2D eigenvalue weighted by Crippen LogP contribution is -2.10. The molecule has 0 bridgehead atoms. The largest absolute Gasteiger partial charge is 0.378 e. The highest BCUT2D eigenvalue weighted by atomic mass is 16.5. The van der Waals surface area contributed by atoms with E-state index in [1.807, 2.05) is 35.1 Å². The predicted molar refractivity (Wildman–Crippen MR) is 75.8 cm³/mol. The van der Waals surface area contributed by atoms with Crippen molar-refractivity contribution in [3.8, 4) is 0 Å². The summed E-state index contributed by atoms with van der Waals surface area (Å²) in [6.07, 6.45) is 5.01. The summed E-state index contributed by atoms with van der Waals surface area (Å²) in [7, 11) is 0. The molecular weight excluding hydrogens is 268 g/mol. The van der Waals surface area contributed by atoms with Crippen molar-refractivity contribution >= 4 is 10.9 Å². The predicted octanol–water partition coefficient (Wildman–Crippen LogP) is 2.19. The van der Waals surface area contributed by atoms with Gasteiger partial charge in [0, 0.05) is 18.4 Å². The smallest absolute Gasteiger partial charge is 0.248 e. The van der Waals surface area contributed by atoms with Crippen LogP contribution < -0.4 is 0 Å². The second-order valence-corrected chi connectivity index (χ2v) is 5.30. The lowest BCUT2D eigenvalue weighted by atomic mass is 10.2. The number of nitrogens with zero attached hydrogens (tertiary/aromatic N) is 4. The van der Waals surface area contributed by atoms with E-state index in [9.17, 15) is 0 Å². The van der Waals surface area contributed by atoms with Crippen LogP contribution in [-0.2, 0) is 17.7 Å². The van der Waals surface area contributed by atoms with E-state index in [2.05, 4.69) is 15.2 Å². The molecule has 1 unspecified atom stereocenters. The Morgan fingerprint density at radius 1 is 1.29 bits per heavy atom. The van der Waals surface area contributed by atoms with Gasteiger partial charge in [-0.3, -0.25) is 4.68 Å². The molecule has 0 saturated carbocycles. The fourth-order valence-electron chi connectivity index (χ4n) is 2.73. The normalized spacial score (nSPS) is 18.6. The van der Waals surface area contributed by atoms with Crippen molar-refractivity contribution in [2.75, 3.05) is 6.61 Å². The summed E-state index contributed by atoms with van der Waals surface area (Å²) in [5, 5.41) is 9.51. The Bertz CT molecular complexity index is 743. The number of fused-ring (bicyclic) bond motifs is 1. The Balaban J connectivity index is 1.50. The molecule has 1 atom stereocenters. The first-order valence-corrected chi connectivity index (χ1v) is 7.22. The molecule has 0 N–H and O–H groups in total. The van der Waals surface area contributed by atoms with Crippen molar-refractivity contribution in [1.82, 2.24) is 19.9 Å². The average molecular weight is 284 g/mol. The fraction of sp³-hybridized carbons (Fsp3) is 0.400. The standard InChI is InChI=1S/C15H16N4O2/c1-2-6-13-11(4-1)9-16-19(13)10-15-17-14(18-21-15)8-12-5-3-7-20-12/h1-2,4,6,9,12H,3,5,7-8,10H2. The number of aromatic nitrogens is 4. The number of rotatable bonds is 4. The lowest BCUT2D eigenvalue weighted by Gasteiger charge is -2.03. The van der Waals surface area contributed by atoms with Gasteiger partial charge in [0.2, 0.25) is 5.89 Å².